The molecular weight excluding hydrogens is 226 g/mol. The highest BCUT2D eigenvalue weighted by molar-refractivity contribution is 5.76. The van der Waals surface area contributed by atoms with Gasteiger partial charge in [0.25, 0.3) is 0 Å². The van der Waals surface area contributed by atoms with E-state index in [0.717, 1.165) is 13.0 Å². The third-order valence-corrected chi connectivity index (χ3v) is 2.28. The summed E-state index contributed by atoms with van der Waals surface area (Å²) >= 11 is 0. The SMILES string of the molecule is CC(C)CC(NCC(C)(C)C)C(=O)OC(C)(C)C. The van der Waals surface area contributed by atoms with Crippen LogP contribution in [0.25, 0.3) is 0 Å². The van der Waals surface area contributed by atoms with E-state index in [1.54, 1.807) is 0 Å². The maximum absolute atomic E-state index is 12.1. The first kappa shape index (κ1) is 17.4. The topological polar surface area (TPSA) is 38.3 Å². The summed E-state index contributed by atoms with van der Waals surface area (Å²) < 4.78 is 5.46. The summed E-state index contributed by atoms with van der Waals surface area (Å²) in [5.74, 6) is 0.329. The van der Waals surface area contributed by atoms with Gasteiger partial charge in [-0.1, -0.05) is 34.6 Å². The number of carbonyl (C=O) groups is 1. The second-order valence-electron chi connectivity index (χ2n) is 7.66. The zero-order valence-electron chi connectivity index (χ0n) is 13.4. The third kappa shape index (κ3) is 9.46. The molecule has 0 bridgehead atoms. The first-order valence-electron chi connectivity index (χ1n) is 6.87. The zero-order chi connectivity index (χ0) is 14.6. The van der Waals surface area contributed by atoms with Gasteiger partial charge in [0.05, 0.1) is 0 Å². The van der Waals surface area contributed by atoms with Crippen molar-refractivity contribution in [3.8, 4) is 0 Å². The molecule has 3 nitrogen and oxygen atoms in total. The molecular formula is C15H31NO2. The van der Waals surface area contributed by atoms with E-state index in [2.05, 4.69) is 39.9 Å². The van der Waals surface area contributed by atoms with Crippen LogP contribution in [-0.2, 0) is 9.53 Å². The maximum Gasteiger partial charge on any atom is 0.323 e. The van der Waals surface area contributed by atoms with Crippen molar-refractivity contribution in [1.82, 2.24) is 5.32 Å². The van der Waals surface area contributed by atoms with Gasteiger partial charge in [0.2, 0.25) is 0 Å². The minimum absolute atomic E-state index is 0.138. The van der Waals surface area contributed by atoms with Crippen LogP contribution in [0.15, 0.2) is 0 Å². The standard InChI is InChI=1S/C15H31NO2/c1-11(2)9-12(16-10-14(3,4)5)13(17)18-15(6,7)8/h11-12,16H,9-10H2,1-8H3. The minimum atomic E-state index is -0.421. The van der Waals surface area contributed by atoms with Crippen molar-refractivity contribution in [2.45, 2.75) is 73.5 Å². The molecule has 3 heteroatoms. The van der Waals surface area contributed by atoms with Crippen LogP contribution in [0.4, 0.5) is 0 Å². The van der Waals surface area contributed by atoms with Gasteiger partial charge in [-0.05, 0) is 38.5 Å². The molecule has 18 heavy (non-hydrogen) atoms. The Labute approximate surface area is 113 Å². The molecule has 1 atom stereocenters. The normalized spacial score (nSPS) is 14.7. The molecule has 0 amide bonds. The number of nitrogens with one attached hydrogen (secondary N) is 1. The van der Waals surface area contributed by atoms with E-state index < -0.39 is 5.60 Å². The number of rotatable bonds is 5. The summed E-state index contributed by atoms with van der Waals surface area (Å²) in [6.45, 7) is 17.2. The molecule has 0 aromatic heterocycles. The van der Waals surface area contributed by atoms with Crippen LogP contribution >= 0.6 is 0 Å². The largest absolute Gasteiger partial charge is 0.459 e. The van der Waals surface area contributed by atoms with Crippen LogP contribution in [0, 0.1) is 11.3 Å². The third-order valence-electron chi connectivity index (χ3n) is 2.28. The van der Waals surface area contributed by atoms with Gasteiger partial charge in [-0.25, -0.2) is 0 Å². The Morgan fingerprint density at radius 3 is 1.94 bits per heavy atom. The zero-order valence-corrected chi connectivity index (χ0v) is 13.4. The Kier molecular flexibility index (Phi) is 6.35. The van der Waals surface area contributed by atoms with Crippen LogP contribution in [0.2, 0.25) is 0 Å². The molecule has 0 aliphatic heterocycles. The molecule has 0 aromatic carbocycles. The Morgan fingerprint density at radius 1 is 1.11 bits per heavy atom. The molecule has 0 aliphatic carbocycles. The van der Waals surface area contributed by atoms with Crippen molar-refractivity contribution < 1.29 is 9.53 Å². The van der Waals surface area contributed by atoms with Gasteiger partial charge in [0.1, 0.15) is 11.6 Å². The van der Waals surface area contributed by atoms with E-state index in [-0.39, 0.29) is 17.4 Å². The van der Waals surface area contributed by atoms with Gasteiger partial charge in [0, 0.05) is 6.54 Å². The smallest absolute Gasteiger partial charge is 0.323 e. The Balaban J connectivity index is 4.53. The molecule has 0 saturated carbocycles. The number of ether oxygens (including phenoxy) is 1. The maximum atomic E-state index is 12.1. The molecule has 1 N–H and O–H groups in total. The molecule has 0 saturated heterocycles. The van der Waals surface area contributed by atoms with Crippen LogP contribution in [0.1, 0.15) is 61.8 Å². The van der Waals surface area contributed by atoms with Crippen molar-refractivity contribution in [2.24, 2.45) is 11.3 Å². The Bertz CT molecular complexity index is 259. The van der Waals surface area contributed by atoms with Crippen molar-refractivity contribution in [1.29, 1.82) is 0 Å². The fourth-order valence-electron chi connectivity index (χ4n) is 1.54. The Morgan fingerprint density at radius 2 is 1.61 bits per heavy atom. The van der Waals surface area contributed by atoms with Gasteiger partial charge in [-0.3, -0.25) is 4.79 Å². The van der Waals surface area contributed by atoms with E-state index in [4.69, 9.17) is 4.74 Å². The highest BCUT2D eigenvalue weighted by atomic mass is 16.6. The molecule has 1 unspecified atom stereocenters. The molecule has 0 aliphatic rings. The quantitative estimate of drug-likeness (QED) is 0.767. The van der Waals surface area contributed by atoms with Crippen molar-refractivity contribution in [3.05, 3.63) is 0 Å². The van der Waals surface area contributed by atoms with E-state index >= 15 is 0 Å². The molecule has 0 heterocycles. The molecule has 0 rings (SSSR count). The monoisotopic (exact) mass is 257 g/mol. The molecule has 0 aromatic rings. The van der Waals surface area contributed by atoms with Gasteiger partial charge < -0.3 is 10.1 Å². The summed E-state index contributed by atoms with van der Waals surface area (Å²) in [6, 6.07) is -0.205. The average molecular weight is 257 g/mol. The number of esters is 1. The second-order valence-corrected chi connectivity index (χ2v) is 7.66. The van der Waals surface area contributed by atoms with Crippen molar-refractivity contribution >= 4 is 5.97 Å². The van der Waals surface area contributed by atoms with Crippen molar-refractivity contribution in [2.75, 3.05) is 6.54 Å². The molecule has 108 valence electrons. The van der Waals surface area contributed by atoms with Gasteiger partial charge in [0.15, 0.2) is 0 Å². The molecule has 0 spiro atoms. The average Bonchev–Trinajstić information content (AvgIpc) is 2.06. The van der Waals surface area contributed by atoms with Crippen LogP contribution in [0.3, 0.4) is 0 Å². The minimum Gasteiger partial charge on any atom is -0.459 e. The van der Waals surface area contributed by atoms with Gasteiger partial charge in [-0.15, -0.1) is 0 Å². The highest BCUT2D eigenvalue weighted by Crippen LogP contribution is 2.15. The second kappa shape index (κ2) is 6.55. The number of hydrogen-bond donors (Lipinski definition) is 1. The van der Waals surface area contributed by atoms with E-state index in [1.807, 2.05) is 20.8 Å². The highest BCUT2D eigenvalue weighted by Gasteiger charge is 2.26. The van der Waals surface area contributed by atoms with E-state index in [9.17, 15) is 4.79 Å². The fourth-order valence-corrected chi connectivity index (χ4v) is 1.54. The predicted octanol–water partition coefficient (Wildman–Crippen LogP) is 3.38. The van der Waals surface area contributed by atoms with Crippen LogP contribution in [0.5, 0.6) is 0 Å². The lowest BCUT2D eigenvalue weighted by Crippen LogP contribution is -2.45. The summed E-state index contributed by atoms with van der Waals surface area (Å²) in [4.78, 5) is 12.1. The summed E-state index contributed by atoms with van der Waals surface area (Å²) in [5.41, 5.74) is -0.257. The van der Waals surface area contributed by atoms with Crippen LogP contribution < -0.4 is 5.32 Å². The molecule has 0 radical (unpaired) electrons. The van der Waals surface area contributed by atoms with Crippen LogP contribution in [-0.4, -0.2) is 24.2 Å². The number of hydrogen-bond acceptors (Lipinski definition) is 3. The first-order valence-corrected chi connectivity index (χ1v) is 6.87. The van der Waals surface area contributed by atoms with E-state index in [0.29, 0.717) is 5.92 Å². The number of carbonyl (C=O) groups excluding carboxylic acids is 1. The molecule has 0 fully saturated rings. The van der Waals surface area contributed by atoms with E-state index in [1.165, 1.54) is 0 Å². The van der Waals surface area contributed by atoms with Crippen molar-refractivity contribution in [3.63, 3.8) is 0 Å². The first-order chi connectivity index (χ1) is 7.91. The Hall–Kier alpha value is -0.570. The predicted molar refractivity (Wildman–Crippen MR) is 76.5 cm³/mol. The lowest BCUT2D eigenvalue weighted by Gasteiger charge is -2.28. The summed E-state index contributed by atoms with van der Waals surface area (Å²) in [7, 11) is 0. The summed E-state index contributed by atoms with van der Waals surface area (Å²) in [6.07, 6.45) is 0.811. The summed E-state index contributed by atoms with van der Waals surface area (Å²) in [5, 5.41) is 3.34. The lowest BCUT2D eigenvalue weighted by atomic mass is 9.95. The van der Waals surface area contributed by atoms with Gasteiger partial charge >= 0.3 is 5.97 Å². The van der Waals surface area contributed by atoms with Gasteiger partial charge in [-0.2, -0.15) is 0 Å². The fraction of sp³-hybridized carbons (Fsp3) is 0.933. The lowest BCUT2D eigenvalue weighted by molar-refractivity contribution is -0.158.